The molecular formula is C14H17N3OS. The molecule has 0 fully saturated rings. The van der Waals surface area contributed by atoms with E-state index in [2.05, 4.69) is 10.3 Å². The highest BCUT2D eigenvalue weighted by Gasteiger charge is 2.15. The molecule has 1 aromatic heterocycles. The van der Waals surface area contributed by atoms with Gasteiger partial charge in [0.25, 0.3) is 5.91 Å². The predicted molar refractivity (Wildman–Crippen MR) is 78.6 cm³/mol. The third-order valence-electron chi connectivity index (χ3n) is 3.07. The first kappa shape index (κ1) is 13.7. The van der Waals surface area contributed by atoms with Crippen LogP contribution >= 0.6 is 11.3 Å². The van der Waals surface area contributed by atoms with Crippen LogP contribution in [-0.4, -0.2) is 10.9 Å². The summed E-state index contributed by atoms with van der Waals surface area (Å²) in [5, 5.41) is 3.72. The van der Waals surface area contributed by atoms with Crippen molar-refractivity contribution in [2.75, 3.05) is 5.32 Å². The first-order valence-electron chi connectivity index (χ1n) is 6.07. The van der Waals surface area contributed by atoms with Gasteiger partial charge in [-0.1, -0.05) is 12.1 Å². The lowest BCUT2D eigenvalue weighted by Gasteiger charge is -2.09. The second-order valence-corrected chi connectivity index (χ2v) is 5.51. The van der Waals surface area contributed by atoms with Crippen molar-refractivity contribution in [3.05, 3.63) is 44.9 Å². The Kier molecular flexibility index (Phi) is 3.97. The number of nitrogens with one attached hydrogen (secondary N) is 1. The van der Waals surface area contributed by atoms with Gasteiger partial charge in [-0.15, -0.1) is 11.3 Å². The predicted octanol–water partition coefficient (Wildman–Crippen LogP) is 2.78. The van der Waals surface area contributed by atoms with Crippen LogP contribution in [0.1, 0.15) is 31.5 Å². The number of aromatic nitrogens is 1. The molecule has 0 atom stereocenters. The van der Waals surface area contributed by atoms with E-state index in [0.29, 0.717) is 11.4 Å². The largest absolute Gasteiger partial charge is 0.325 e. The van der Waals surface area contributed by atoms with Gasteiger partial charge in [0.1, 0.15) is 9.88 Å². The number of rotatable bonds is 3. The fourth-order valence-electron chi connectivity index (χ4n) is 1.82. The van der Waals surface area contributed by atoms with E-state index in [-0.39, 0.29) is 5.91 Å². The van der Waals surface area contributed by atoms with Gasteiger partial charge in [-0.2, -0.15) is 0 Å². The summed E-state index contributed by atoms with van der Waals surface area (Å²) in [6.45, 7) is 6.21. The minimum absolute atomic E-state index is 0.122. The summed E-state index contributed by atoms with van der Waals surface area (Å²) in [5.74, 6) is -0.122. The number of thiazole rings is 1. The van der Waals surface area contributed by atoms with Crippen molar-refractivity contribution in [1.29, 1.82) is 0 Å². The standard InChI is InChI=1S/C14H17N3OS/c1-8-5-4-6-11(9(8)2)17-14(18)13-10(3)16-12(7-15)19-13/h4-6H,7,15H2,1-3H3,(H,17,18). The Morgan fingerprint density at radius 2 is 2.11 bits per heavy atom. The average Bonchev–Trinajstić information content (AvgIpc) is 2.76. The summed E-state index contributed by atoms with van der Waals surface area (Å²) >= 11 is 1.35. The third kappa shape index (κ3) is 2.83. The highest BCUT2D eigenvalue weighted by molar-refractivity contribution is 7.13. The minimum Gasteiger partial charge on any atom is -0.325 e. The maximum absolute atomic E-state index is 12.2. The smallest absolute Gasteiger partial charge is 0.267 e. The van der Waals surface area contributed by atoms with E-state index in [0.717, 1.165) is 27.5 Å². The molecule has 0 radical (unpaired) electrons. The van der Waals surface area contributed by atoms with Crippen LogP contribution in [0.5, 0.6) is 0 Å². The molecule has 4 nitrogen and oxygen atoms in total. The zero-order valence-corrected chi connectivity index (χ0v) is 12.1. The summed E-state index contributed by atoms with van der Waals surface area (Å²) in [6, 6.07) is 5.86. The number of carbonyl (C=O) groups excluding carboxylic acids is 1. The number of nitrogens with two attached hydrogens (primary N) is 1. The lowest BCUT2D eigenvalue weighted by atomic mass is 10.1. The van der Waals surface area contributed by atoms with Crippen LogP contribution in [0.4, 0.5) is 5.69 Å². The molecule has 0 spiro atoms. The molecule has 2 aromatic rings. The Balaban J connectivity index is 2.25. The third-order valence-corrected chi connectivity index (χ3v) is 4.25. The monoisotopic (exact) mass is 275 g/mol. The van der Waals surface area contributed by atoms with Gasteiger partial charge in [0.2, 0.25) is 0 Å². The number of anilines is 1. The lowest BCUT2D eigenvalue weighted by Crippen LogP contribution is -2.12. The molecule has 1 aromatic carbocycles. The summed E-state index contributed by atoms with van der Waals surface area (Å²) in [4.78, 5) is 17.1. The molecular weight excluding hydrogens is 258 g/mol. The fraction of sp³-hybridized carbons (Fsp3) is 0.286. The van der Waals surface area contributed by atoms with Gasteiger partial charge in [0.05, 0.1) is 5.69 Å². The second kappa shape index (κ2) is 5.50. The maximum atomic E-state index is 12.2. The first-order chi connectivity index (χ1) is 9.02. The van der Waals surface area contributed by atoms with Crippen LogP contribution < -0.4 is 11.1 Å². The molecule has 19 heavy (non-hydrogen) atoms. The normalized spacial score (nSPS) is 10.5. The summed E-state index contributed by atoms with van der Waals surface area (Å²) in [7, 11) is 0. The van der Waals surface area contributed by atoms with E-state index in [1.54, 1.807) is 0 Å². The number of aryl methyl sites for hydroxylation is 2. The van der Waals surface area contributed by atoms with Crippen molar-refractivity contribution < 1.29 is 4.79 Å². The van der Waals surface area contributed by atoms with Crippen molar-refractivity contribution in [1.82, 2.24) is 4.98 Å². The zero-order valence-electron chi connectivity index (χ0n) is 11.3. The minimum atomic E-state index is -0.122. The van der Waals surface area contributed by atoms with Gasteiger partial charge in [-0.25, -0.2) is 4.98 Å². The van der Waals surface area contributed by atoms with E-state index >= 15 is 0 Å². The molecule has 0 saturated heterocycles. The molecule has 0 aliphatic carbocycles. The van der Waals surface area contributed by atoms with E-state index in [4.69, 9.17) is 5.73 Å². The number of carbonyl (C=O) groups is 1. The molecule has 5 heteroatoms. The average molecular weight is 275 g/mol. The van der Waals surface area contributed by atoms with Crippen LogP contribution in [0.15, 0.2) is 18.2 Å². The van der Waals surface area contributed by atoms with E-state index in [1.807, 2.05) is 39.0 Å². The molecule has 0 bridgehead atoms. The Hall–Kier alpha value is -1.72. The summed E-state index contributed by atoms with van der Waals surface area (Å²) in [5.41, 5.74) is 9.35. The molecule has 100 valence electrons. The van der Waals surface area contributed by atoms with Crippen molar-refractivity contribution in [2.45, 2.75) is 27.3 Å². The molecule has 1 amide bonds. The second-order valence-electron chi connectivity index (χ2n) is 4.43. The molecule has 0 unspecified atom stereocenters. The topological polar surface area (TPSA) is 68.0 Å². The summed E-state index contributed by atoms with van der Waals surface area (Å²) in [6.07, 6.45) is 0. The van der Waals surface area contributed by atoms with E-state index in [9.17, 15) is 4.79 Å². The Labute approximate surface area is 116 Å². The molecule has 2 rings (SSSR count). The quantitative estimate of drug-likeness (QED) is 0.905. The zero-order chi connectivity index (χ0) is 14.0. The number of hydrogen-bond acceptors (Lipinski definition) is 4. The highest BCUT2D eigenvalue weighted by Crippen LogP contribution is 2.22. The van der Waals surface area contributed by atoms with Gasteiger partial charge in [0.15, 0.2) is 0 Å². The lowest BCUT2D eigenvalue weighted by molar-refractivity contribution is 0.102. The molecule has 3 N–H and O–H groups in total. The highest BCUT2D eigenvalue weighted by atomic mass is 32.1. The van der Waals surface area contributed by atoms with Gasteiger partial charge in [-0.3, -0.25) is 4.79 Å². The molecule has 1 heterocycles. The van der Waals surface area contributed by atoms with Crippen molar-refractivity contribution in [3.8, 4) is 0 Å². The van der Waals surface area contributed by atoms with Crippen LogP contribution in [0.25, 0.3) is 0 Å². The number of nitrogens with zero attached hydrogens (tertiary/aromatic N) is 1. The van der Waals surface area contributed by atoms with E-state index in [1.165, 1.54) is 11.3 Å². The van der Waals surface area contributed by atoms with Gasteiger partial charge >= 0.3 is 0 Å². The van der Waals surface area contributed by atoms with Crippen molar-refractivity contribution in [2.24, 2.45) is 5.73 Å². The molecule has 0 aliphatic rings. The molecule has 0 aliphatic heterocycles. The van der Waals surface area contributed by atoms with Crippen LogP contribution in [0, 0.1) is 20.8 Å². The van der Waals surface area contributed by atoms with E-state index < -0.39 is 0 Å². The van der Waals surface area contributed by atoms with Crippen LogP contribution in [0.2, 0.25) is 0 Å². The number of hydrogen-bond donors (Lipinski definition) is 2. The maximum Gasteiger partial charge on any atom is 0.267 e. The summed E-state index contributed by atoms with van der Waals surface area (Å²) < 4.78 is 0. The van der Waals surface area contributed by atoms with Crippen molar-refractivity contribution in [3.63, 3.8) is 0 Å². The molecule has 0 saturated carbocycles. The number of benzene rings is 1. The number of amides is 1. The van der Waals surface area contributed by atoms with Gasteiger partial charge in [0, 0.05) is 12.2 Å². The van der Waals surface area contributed by atoms with Crippen molar-refractivity contribution >= 4 is 22.9 Å². The Bertz CT molecular complexity index is 619. The fourth-order valence-corrected chi connectivity index (χ4v) is 2.65. The Morgan fingerprint density at radius 1 is 1.37 bits per heavy atom. The SMILES string of the molecule is Cc1cccc(NC(=O)c2sc(CN)nc2C)c1C. The van der Waals surface area contributed by atoms with Gasteiger partial charge < -0.3 is 11.1 Å². The Morgan fingerprint density at radius 3 is 2.74 bits per heavy atom. The first-order valence-corrected chi connectivity index (χ1v) is 6.88. The van der Waals surface area contributed by atoms with Crippen LogP contribution in [0.3, 0.4) is 0 Å². The van der Waals surface area contributed by atoms with Crippen LogP contribution in [-0.2, 0) is 6.54 Å². The van der Waals surface area contributed by atoms with Gasteiger partial charge in [-0.05, 0) is 38.0 Å².